The van der Waals surface area contributed by atoms with Crippen LogP contribution in [0.4, 0.5) is 5.69 Å². The molecule has 0 unspecified atom stereocenters. The molecule has 1 amide bonds. The monoisotopic (exact) mass is 330 g/mol. The number of carbonyl (C=O) groups is 1. The fourth-order valence-electron chi connectivity index (χ4n) is 3.70. The summed E-state index contributed by atoms with van der Waals surface area (Å²) in [6.07, 6.45) is 1.02. The zero-order valence-electron chi connectivity index (χ0n) is 15.5. The minimum atomic E-state index is 0.0788. The van der Waals surface area contributed by atoms with E-state index in [1.54, 1.807) is 0 Å². The van der Waals surface area contributed by atoms with Gasteiger partial charge < -0.3 is 14.7 Å². The Labute approximate surface area is 145 Å². The fraction of sp³-hybridized carbons (Fsp3) is 0.684. The summed E-state index contributed by atoms with van der Waals surface area (Å²) in [6.45, 7) is 12.1. The third-order valence-corrected chi connectivity index (χ3v) is 5.24. The number of likely N-dealkylation sites (N-methyl/N-ethyl adjacent to an activating group) is 1. The van der Waals surface area contributed by atoms with Crippen LogP contribution in [0.3, 0.4) is 0 Å². The Morgan fingerprint density at radius 1 is 1.17 bits per heavy atom. The van der Waals surface area contributed by atoms with E-state index in [-0.39, 0.29) is 11.8 Å². The average Bonchev–Trinajstić information content (AvgIpc) is 3.04. The third-order valence-electron chi connectivity index (χ3n) is 5.24. The van der Waals surface area contributed by atoms with Gasteiger partial charge in [-0.2, -0.15) is 0 Å². The molecule has 1 atom stereocenters. The molecule has 0 aromatic carbocycles. The van der Waals surface area contributed by atoms with Crippen LogP contribution in [0.2, 0.25) is 0 Å². The molecule has 2 aliphatic heterocycles. The van der Waals surface area contributed by atoms with Crippen molar-refractivity contribution in [2.24, 2.45) is 5.92 Å². The highest BCUT2D eigenvalue weighted by atomic mass is 16.2. The Balaban J connectivity index is 1.74. The Bertz CT molecular complexity index is 593. The van der Waals surface area contributed by atoms with Gasteiger partial charge >= 0.3 is 0 Å². The molecule has 1 aromatic heterocycles. The van der Waals surface area contributed by atoms with Crippen LogP contribution in [0, 0.1) is 12.8 Å². The second-order valence-corrected chi connectivity index (χ2v) is 7.61. The summed E-state index contributed by atoms with van der Waals surface area (Å²) < 4.78 is 0. The molecule has 5 heteroatoms. The van der Waals surface area contributed by atoms with Crippen LogP contribution >= 0.6 is 0 Å². The zero-order chi connectivity index (χ0) is 17.3. The Hall–Kier alpha value is -1.62. The third kappa shape index (κ3) is 3.72. The van der Waals surface area contributed by atoms with Crippen LogP contribution in [-0.4, -0.2) is 67.0 Å². The first-order valence-electron chi connectivity index (χ1n) is 9.15. The van der Waals surface area contributed by atoms with Crippen molar-refractivity contribution in [1.29, 1.82) is 0 Å². The van der Waals surface area contributed by atoms with Gasteiger partial charge in [0.25, 0.3) is 0 Å². The molecule has 0 saturated carbocycles. The molecule has 2 fully saturated rings. The lowest BCUT2D eigenvalue weighted by molar-refractivity contribution is -0.133. The molecule has 0 bridgehead atoms. The number of pyridine rings is 1. The maximum atomic E-state index is 12.2. The Morgan fingerprint density at radius 2 is 1.88 bits per heavy atom. The predicted octanol–water partition coefficient (Wildman–Crippen LogP) is 2.11. The molecule has 0 aliphatic carbocycles. The number of piperazine rings is 1. The van der Waals surface area contributed by atoms with E-state index >= 15 is 0 Å². The molecule has 1 aromatic rings. The zero-order valence-corrected chi connectivity index (χ0v) is 15.5. The first-order chi connectivity index (χ1) is 11.4. The van der Waals surface area contributed by atoms with Crippen molar-refractivity contribution in [1.82, 2.24) is 14.8 Å². The maximum absolute atomic E-state index is 12.2. The summed E-state index contributed by atoms with van der Waals surface area (Å²) in [7, 11) is 2.18. The van der Waals surface area contributed by atoms with Gasteiger partial charge in [-0.3, -0.25) is 9.78 Å². The number of rotatable bonds is 3. The van der Waals surface area contributed by atoms with Crippen LogP contribution in [-0.2, 0) is 4.79 Å². The second kappa shape index (κ2) is 7.09. The van der Waals surface area contributed by atoms with Crippen LogP contribution < -0.4 is 4.90 Å². The number of aromatic nitrogens is 1. The molecule has 2 saturated heterocycles. The quantitative estimate of drug-likeness (QED) is 0.851. The Kier molecular flexibility index (Phi) is 5.09. The highest BCUT2D eigenvalue weighted by Crippen LogP contribution is 2.30. The average molecular weight is 330 g/mol. The molecule has 132 valence electrons. The lowest BCUT2D eigenvalue weighted by Gasteiger charge is -2.34. The van der Waals surface area contributed by atoms with Crippen LogP contribution in [0.15, 0.2) is 12.1 Å². The van der Waals surface area contributed by atoms with E-state index in [2.05, 4.69) is 35.9 Å². The minimum Gasteiger partial charge on any atom is -0.369 e. The number of likely N-dealkylation sites (tertiary alicyclic amines) is 1. The highest BCUT2D eigenvalue weighted by molar-refractivity contribution is 5.78. The summed E-state index contributed by atoms with van der Waals surface area (Å²) in [5.74, 6) is 0.721. The molecule has 3 heterocycles. The van der Waals surface area contributed by atoms with Gasteiger partial charge in [-0.1, -0.05) is 13.8 Å². The van der Waals surface area contributed by atoms with E-state index in [1.165, 1.54) is 5.69 Å². The van der Waals surface area contributed by atoms with Crippen LogP contribution in [0.25, 0.3) is 0 Å². The fourth-order valence-corrected chi connectivity index (χ4v) is 3.70. The van der Waals surface area contributed by atoms with Gasteiger partial charge in [0.05, 0.1) is 0 Å². The first-order valence-corrected chi connectivity index (χ1v) is 9.15. The molecule has 3 rings (SSSR count). The van der Waals surface area contributed by atoms with E-state index < -0.39 is 0 Å². The summed E-state index contributed by atoms with van der Waals surface area (Å²) in [5.41, 5.74) is 3.53. The van der Waals surface area contributed by atoms with Crippen LogP contribution in [0.5, 0.6) is 0 Å². The van der Waals surface area contributed by atoms with Gasteiger partial charge in [0.15, 0.2) is 0 Å². The first kappa shape index (κ1) is 17.2. The molecule has 2 aliphatic rings. The summed E-state index contributed by atoms with van der Waals surface area (Å²) in [6, 6.07) is 4.45. The van der Waals surface area contributed by atoms with Gasteiger partial charge in [-0.05, 0) is 32.5 Å². The predicted molar refractivity (Wildman–Crippen MR) is 97.5 cm³/mol. The Morgan fingerprint density at radius 3 is 2.54 bits per heavy atom. The SMILES string of the molecule is Cc1cc(N2CCN(C)CC2)cc([C@@H]2CCN(C(=O)C(C)C)C2)n1. The lowest BCUT2D eigenvalue weighted by atomic mass is 10.0. The van der Waals surface area contributed by atoms with E-state index in [1.807, 2.05) is 18.7 Å². The summed E-state index contributed by atoms with van der Waals surface area (Å²) >= 11 is 0. The van der Waals surface area contributed by atoms with Crippen molar-refractivity contribution < 1.29 is 4.79 Å². The molecule has 5 nitrogen and oxygen atoms in total. The minimum absolute atomic E-state index is 0.0788. The molecule has 0 N–H and O–H groups in total. The second-order valence-electron chi connectivity index (χ2n) is 7.61. The van der Waals surface area contributed by atoms with Gasteiger partial charge in [0.2, 0.25) is 5.91 Å². The van der Waals surface area contributed by atoms with Crippen molar-refractivity contribution in [3.63, 3.8) is 0 Å². The maximum Gasteiger partial charge on any atom is 0.225 e. The number of carbonyl (C=O) groups excluding carboxylic acids is 1. The number of aryl methyl sites for hydroxylation is 1. The molecular formula is C19H30N4O. The lowest BCUT2D eigenvalue weighted by Crippen LogP contribution is -2.44. The number of hydrogen-bond donors (Lipinski definition) is 0. The highest BCUT2D eigenvalue weighted by Gasteiger charge is 2.30. The van der Waals surface area contributed by atoms with Gasteiger partial charge in [0, 0.05) is 68.2 Å². The molecular weight excluding hydrogens is 300 g/mol. The summed E-state index contributed by atoms with van der Waals surface area (Å²) in [5, 5.41) is 0. The van der Waals surface area contributed by atoms with E-state index in [9.17, 15) is 4.79 Å². The number of anilines is 1. The van der Waals surface area contributed by atoms with E-state index in [4.69, 9.17) is 4.98 Å². The van der Waals surface area contributed by atoms with Crippen molar-refractivity contribution in [3.05, 3.63) is 23.5 Å². The number of amides is 1. The van der Waals surface area contributed by atoms with Gasteiger partial charge in [-0.25, -0.2) is 0 Å². The smallest absolute Gasteiger partial charge is 0.225 e. The molecule has 0 radical (unpaired) electrons. The molecule has 24 heavy (non-hydrogen) atoms. The van der Waals surface area contributed by atoms with E-state index in [0.29, 0.717) is 5.92 Å². The topological polar surface area (TPSA) is 39.7 Å². The van der Waals surface area contributed by atoms with Gasteiger partial charge in [-0.15, -0.1) is 0 Å². The van der Waals surface area contributed by atoms with Crippen molar-refractivity contribution in [2.45, 2.75) is 33.1 Å². The molecule has 0 spiro atoms. The van der Waals surface area contributed by atoms with Crippen molar-refractivity contribution in [2.75, 3.05) is 51.2 Å². The van der Waals surface area contributed by atoms with Crippen molar-refractivity contribution >= 4 is 11.6 Å². The number of nitrogens with zero attached hydrogens (tertiary/aromatic N) is 4. The standard InChI is InChI=1S/C19H30N4O/c1-14(2)19(24)23-6-5-16(13-23)18-12-17(11-15(3)20-18)22-9-7-21(4)8-10-22/h11-12,14,16H,5-10,13H2,1-4H3/t16-/m1/s1. The normalized spacial score (nSPS) is 22.5. The summed E-state index contributed by atoms with van der Waals surface area (Å²) in [4.78, 5) is 23.9. The number of hydrogen-bond acceptors (Lipinski definition) is 4. The van der Waals surface area contributed by atoms with Crippen LogP contribution in [0.1, 0.15) is 37.6 Å². The largest absolute Gasteiger partial charge is 0.369 e. The van der Waals surface area contributed by atoms with Crippen molar-refractivity contribution in [3.8, 4) is 0 Å². The van der Waals surface area contributed by atoms with E-state index in [0.717, 1.165) is 57.1 Å². The van der Waals surface area contributed by atoms with Gasteiger partial charge in [0.1, 0.15) is 0 Å².